The van der Waals surface area contributed by atoms with E-state index in [0.717, 1.165) is 0 Å². The molecule has 0 fully saturated rings. The van der Waals surface area contributed by atoms with E-state index in [4.69, 9.17) is 21.6 Å². The van der Waals surface area contributed by atoms with E-state index in [2.05, 4.69) is 10.9 Å². The molecule has 0 saturated carbocycles. The molecule has 0 spiro atoms. The van der Waals surface area contributed by atoms with Crippen molar-refractivity contribution >= 4 is 23.4 Å². The number of rotatable bonds is 3. The van der Waals surface area contributed by atoms with Crippen LogP contribution in [0.25, 0.3) is 0 Å². The summed E-state index contributed by atoms with van der Waals surface area (Å²) in [6.07, 6.45) is 0. The minimum Gasteiger partial charge on any atom is -0.496 e. The molecule has 2 rings (SSSR count). The molecule has 2 aromatic carbocycles. The largest absolute Gasteiger partial charge is 0.496 e. The van der Waals surface area contributed by atoms with Crippen molar-refractivity contribution in [1.82, 2.24) is 10.9 Å². The molecule has 0 bridgehead atoms. The van der Waals surface area contributed by atoms with Gasteiger partial charge in [-0.25, -0.2) is 0 Å². The molecule has 0 radical (unpaired) electrons. The zero-order valence-electron chi connectivity index (χ0n) is 12.1. The molecule has 0 aliphatic heterocycles. The summed E-state index contributed by atoms with van der Waals surface area (Å²) in [5.41, 5.74) is 5.51. The lowest BCUT2D eigenvalue weighted by Gasteiger charge is -2.10. The van der Waals surface area contributed by atoms with Crippen molar-refractivity contribution in [3.63, 3.8) is 0 Å². The van der Waals surface area contributed by atoms with Gasteiger partial charge in [-0.1, -0.05) is 11.6 Å². The first kappa shape index (κ1) is 16.3. The first-order chi connectivity index (χ1) is 11.0. The zero-order chi connectivity index (χ0) is 16.8. The van der Waals surface area contributed by atoms with E-state index in [-0.39, 0.29) is 5.56 Å². The highest BCUT2D eigenvalue weighted by atomic mass is 35.5. The van der Waals surface area contributed by atoms with Gasteiger partial charge in [0.05, 0.1) is 24.3 Å². The molecular formula is C16H12ClN3O3. The van der Waals surface area contributed by atoms with Crippen molar-refractivity contribution in [2.75, 3.05) is 7.11 Å². The summed E-state index contributed by atoms with van der Waals surface area (Å²) in [6.45, 7) is 0. The van der Waals surface area contributed by atoms with Gasteiger partial charge in [-0.05, 0) is 42.5 Å². The summed E-state index contributed by atoms with van der Waals surface area (Å²) in [7, 11) is 1.43. The highest BCUT2D eigenvalue weighted by Crippen LogP contribution is 2.22. The molecule has 23 heavy (non-hydrogen) atoms. The van der Waals surface area contributed by atoms with E-state index in [9.17, 15) is 9.59 Å². The number of methoxy groups -OCH3 is 1. The van der Waals surface area contributed by atoms with Gasteiger partial charge in [-0.2, -0.15) is 5.26 Å². The van der Waals surface area contributed by atoms with Gasteiger partial charge in [-0.15, -0.1) is 0 Å². The van der Waals surface area contributed by atoms with Crippen molar-refractivity contribution in [2.45, 2.75) is 0 Å². The maximum absolute atomic E-state index is 12.1. The monoisotopic (exact) mass is 329 g/mol. The molecule has 2 aromatic rings. The molecule has 2 N–H and O–H groups in total. The smallest absolute Gasteiger partial charge is 0.273 e. The molecule has 0 atom stereocenters. The number of nitrogens with one attached hydrogen (secondary N) is 2. The first-order valence-corrected chi connectivity index (χ1v) is 6.87. The number of benzene rings is 2. The number of halogens is 1. The van der Waals surface area contributed by atoms with E-state index < -0.39 is 11.8 Å². The Hall–Kier alpha value is -3.04. The van der Waals surface area contributed by atoms with E-state index in [1.165, 1.54) is 37.4 Å². The maximum atomic E-state index is 12.1. The summed E-state index contributed by atoms with van der Waals surface area (Å²) in [5.74, 6) is -0.741. The third-order valence-corrected chi connectivity index (χ3v) is 3.21. The third kappa shape index (κ3) is 3.99. The predicted octanol–water partition coefficient (Wildman–Crippen LogP) is 2.30. The van der Waals surface area contributed by atoms with Crippen LogP contribution in [0.15, 0.2) is 42.5 Å². The highest BCUT2D eigenvalue weighted by Gasteiger charge is 2.14. The minimum absolute atomic E-state index is 0.195. The summed E-state index contributed by atoms with van der Waals surface area (Å²) < 4.78 is 5.08. The Labute approximate surface area is 137 Å². The van der Waals surface area contributed by atoms with Gasteiger partial charge in [0, 0.05) is 10.6 Å². The Morgan fingerprint density at radius 3 is 2.35 bits per heavy atom. The van der Waals surface area contributed by atoms with Crippen molar-refractivity contribution < 1.29 is 14.3 Å². The van der Waals surface area contributed by atoms with Crippen molar-refractivity contribution in [1.29, 1.82) is 5.26 Å². The second-order valence-corrected chi connectivity index (χ2v) is 4.88. The topological polar surface area (TPSA) is 91.2 Å². The molecule has 116 valence electrons. The molecule has 0 unspecified atom stereocenters. The Morgan fingerprint density at radius 1 is 1.09 bits per heavy atom. The van der Waals surface area contributed by atoms with Gasteiger partial charge in [-0.3, -0.25) is 20.4 Å². The van der Waals surface area contributed by atoms with Gasteiger partial charge >= 0.3 is 0 Å². The lowest BCUT2D eigenvalue weighted by Crippen LogP contribution is -2.41. The fraction of sp³-hybridized carbons (Fsp3) is 0.0625. The molecule has 0 saturated heterocycles. The first-order valence-electron chi connectivity index (χ1n) is 6.49. The van der Waals surface area contributed by atoms with Gasteiger partial charge in [0.15, 0.2) is 0 Å². The molecule has 6 nitrogen and oxygen atoms in total. The van der Waals surface area contributed by atoms with Gasteiger partial charge < -0.3 is 4.74 Å². The third-order valence-electron chi connectivity index (χ3n) is 2.97. The van der Waals surface area contributed by atoms with Crippen LogP contribution in [0.5, 0.6) is 5.75 Å². The average molecular weight is 330 g/mol. The van der Waals surface area contributed by atoms with Crippen molar-refractivity contribution in [2.24, 2.45) is 0 Å². The van der Waals surface area contributed by atoms with E-state index in [0.29, 0.717) is 21.9 Å². The number of amides is 2. The fourth-order valence-electron chi connectivity index (χ4n) is 1.81. The van der Waals surface area contributed by atoms with Crippen LogP contribution in [0.2, 0.25) is 5.02 Å². The molecule has 0 aromatic heterocycles. The molecule has 0 heterocycles. The Balaban J connectivity index is 2.05. The molecule has 7 heteroatoms. The second kappa shape index (κ2) is 7.29. The van der Waals surface area contributed by atoms with E-state index in [1.807, 2.05) is 6.07 Å². The van der Waals surface area contributed by atoms with E-state index in [1.54, 1.807) is 12.1 Å². The Morgan fingerprint density at radius 2 is 1.74 bits per heavy atom. The van der Waals surface area contributed by atoms with Crippen LogP contribution in [-0.2, 0) is 0 Å². The van der Waals surface area contributed by atoms with Crippen LogP contribution < -0.4 is 15.6 Å². The quantitative estimate of drug-likeness (QED) is 0.845. The number of carbonyl (C=O) groups is 2. The Bertz CT molecular complexity index is 782. The summed E-state index contributed by atoms with van der Waals surface area (Å²) in [4.78, 5) is 24.0. The van der Waals surface area contributed by atoms with Crippen LogP contribution in [0.4, 0.5) is 0 Å². The normalized spacial score (nSPS) is 9.61. The summed E-state index contributed by atoms with van der Waals surface area (Å²) >= 11 is 5.86. The van der Waals surface area contributed by atoms with Crippen LogP contribution in [0.3, 0.4) is 0 Å². The molecule has 2 amide bonds. The number of carbonyl (C=O) groups excluding carboxylic acids is 2. The maximum Gasteiger partial charge on any atom is 0.273 e. The fourth-order valence-corrected chi connectivity index (χ4v) is 1.98. The highest BCUT2D eigenvalue weighted by molar-refractivity contribution is 6.31. The zero-order valence-corrected chi connectivity index (χ0v) is 12.8. The molecule has 0 aliphatic carbocycles. The number of nitrogens with zero attached hydrogens (tertiary/aromatic N) is 1. The summed E-state index contributed by atoms with van der Waals surface area (Å²) in [6, 6.07) is 12.5. The van der Waals surface area contributed by atoms with Gasteiger partial charge in [0.25, 0.3) is 11.8 Å². The lowest BCUT2D eigenvalue weighted by molar-refractivity contribution is 0.0845. The molecule has 0 aliphatic rings. The van der Waals surface area contributed by atoms with E-state index >= 15 is 0 Å². The standard InChI is InChI=1S/C16H12ClN3O3/c1-23-14-7-6-12(17)8-13(14)16(22)20-19-15(21)11-4-2-10(9-18)3-5-11/h2-8H,1H3,(H,19,21)(H,20,22). The number of hydrogen-bond acceptors (Lipinski definition) is 4. The number of ether oxygens (including phenoxy) is 1. The van der Waals surface area contributed by atoms with Crippen molar-refractivity contribution in [3.8, 4) is 11.8 Å². The minimum atomic E-state index is -0.564. The number of hydrazine groups is 1. The van der Waals surface area contributed by atoms with Crippen LogP contribution in [0.1, 0.15) is 26.3 Å². The number of nitriles is 1. The number of hydrogen-bond donors (Lipinski definition) is 2. The lowest BCUT2D eigenvalue weighted by atomic mass is 10.1. The van der Waals surface area contributed by atoms with Crippen LogP contribution in [-0.4, -0.2) is 18.9 Å². The SMILES string of the molecule is COc1ccc(Cl)cc1C(=O)NNC(=O)c1ccc(C#N)cc1. The Kier molecular flexibility index (Phi) is 5.18. The van der Waals surface area contributed by atoms with Crippen LogP contribution in [0, 0.1) is 11.3 Å². The van der Waals surface area contributed by atoms with Crippen molar-refractivity contribution in [3.05, 3.63) is 64.2 Å². The van der Waals surface area contributed by atoms with Gasteiger partial charge in [0.2, 0.25) is 0 Å². The van der Waals surface area contributed by atoms with Crippen LogP contribution >= 0.6 is 11.6 Å². The second-order valence-electron chi connectivity index (χ2n) is 4.44. The van der Waals surface area contributed by atoms with Gasteiger partial charge in [0.1, 0.15) is 5.75 Å². The summed E-state index contributed by atoms with van der Waals surface area (Å²) in [5, 5.41) is 9.08. The average Bonchev–Trinajstić information content (AvgIpc) is 2.59. The predicted molar refractivity (Wildman–Crippen MR) is 84.1 cm³/mol. The molecular weight excluding hydrogens is 318 g/mol.